The van der Waals surface area contributed by atoms with Crippen molar-refractivity contribution in [2.24, 2.45) is 0 Å². The number of carbonyl (C=O) groups is 1. The van der Waals surface area contributed by atoms with Gasteiger partial charge in [-0.15, -0.1) is 0 Å². The molecule has 2 aromatic rings. The molecule has 0 radical (unpaired) electrons. The highest BCUT2D eigenvalue weighted by molar-refractivity contribution is 5.96. The van der Waals surface area contributed by atoms with Crippen molar-refractivity contribution in [3.63, 3.8) is 0 Å². The molecule has 0 saturated carbocycles. The Balaban J connectivity index is 2.55. The van der Waals surface area contributed by atoms with Crippen LogP contribution >= 0.6 is 0 Å². The van der Waals surface area contributed by atoms with Crippen LogP contribution in [-0.4, -0.2) is 35.0 Å². The largest absolute Gasteiger partial charge is 0.345 e. The molecular weight excluding hydrogens is 194 g/mol. The van der Waals surface area contributed by atoms with Crippen molar-refractivity contribution >= 4 is 17.0 Å². The van der Waals surface area contributed by atoms with Crippen LogP contribution in [0.4, 0.5) is 0 Å². The van der Waals surface area contributed by atoms with Crippen molar-refractivity contribution in [2.45, 2.75) is 6.92 Å². The minimum absolute atomic E-state index is 0.0787. The number of hydrogen-bond acceptors (Lipinski definition) is 4. The Morgan fingerprint density at radius 2 is 2.20 bits per heavy atom. The molecule has 0 aromatic carbocycles. The smallest absolute Gasteiger partial charge is 0.257 e. The van der Waals surface area contributed by atoms with E-state index in [0.29, 0.717) is 11.3 Å². The molecule has 0 N–H and O–H groups in total. The van der Waals surface area contributed by atoms with Crippen LogP contribution in [0, 0.1) is 6.92 Å². The maximum absolute atomic E-state index is 11.7. The van der Waals surface area contributed by atoms with Crippen molar-refractivity contribution in [1.29, 1.82) is 0 Å². The summed E-state index contributed by atoms with van der Waals surface area (Å²) in [5.74, 6) is -0.0787. The van der Waals surface area contributed by atoms with Gasteiger partial charge in [-0.05, 0) is 13.0 Å². The Bertz CT molecular complexity index is 516. The van der Waals surface area contributed by atoms with E-state index >= 15 is 0 Å². The third-order valence-corrected chi connectivity index (χ3v) is 2.16. The van der Waals surface area contributed by atoms with E-state index in [2.05, 4.69) is 10.1 Å². The molecule has 0 fully saturated rings. The Morgan fingerprint density at radius 1 is 1.47 bits per heavy atom. The van der Waals surface area contributed by atoms with Crippen LogP contribution in [0.1, 0.15) is 16.1 Å². The Labute approximate surface area is 86.7 Å². The molecule has 0 aliphatic rings. The molecule has 0 saturated heterocycles. The normalized spacial score (nSPS) is 10.6. The molecule has 0 unspecified atom stereocenters. The van der Waals surface area contributed by atoms with E-state index < -0.39 is 0 Å². The highest BCUT2D eigenvalue weighted by Gasteiger charge is 2.12. The summed E-state index contributed by atoms with van der Waals surface area (Å²) in [6, 6.07) is 1.75. The first-order valence-corrected chi connectivity index (χ1v) is 4.53. The molecule has 2 aromatic heterocycles. The van der Waals surface area contributed by atoms with Crippen molar-refractivity contribution in [3.8, 4) is 0 Å². The lowest BCUT2D eigenvalue weighted by atomic mass is 10.2. The zero-order valence-corrected chi connectivity index (χ0v) is 8.81. The van der Waals surface area contributed by atoms with Gasteiger partial charge >= 0.3 is 0 Å². The molecule has 2 rings (SSSR count). The SMILES string of the molecule is Cc1noc2ncc(C(=O)N(C)C)cc12. The van der Waals surface area contributed by atoms with Gasteiger partial charge in [0.15, 0.2) is 0 Å². The fourth-order valence-corrected chi connectivity index (χ4v) is 1.32. The zero-order chi connectivity index (χ0) is 11.0. The van der Waals surface area contributed by atoms with E-state index in [1.165, 1.54) is 11.1 Å². The number of aryl methyl sites for hydroxylation is 1. The Morgan fingerprint density at radius 3 is 2.87 bits per heavy atom. The molecule has 2 heterocycles. The average Bonchev–Trinajstić information content (AvgIpc) is 2.59. The quantitative estimate of drug-likeness (QED) is 0.702. The average molecular weight is 205 g/mol. The maximum atomic E-state index is 11.7. The van der Waals surface area contributed by atoms with Gasteiger partial charge in [-0.3, -0.25) is 4.79 Å². The molecule has 0 aliphatic heterocycles. The first-order valence-electron chi connectivity index (χ1n) is 4.53. The van der Waals surface area contributed by atoms with Crippen molar-refractivity contribution < 1.29 is 9.32 Å². The van der Waals surface area contributed by atoms with Gasteiger partial charge in [0.25, 0.3) is 11.6 Å². The summed E-state index contributed by atoms with van der Waals surface area (Å²) in [5, 5.41) is 4.56. The van der Waals surface area contributed by atoms with Gasteiger partial charge in [0.2, 0.25) is 0 Å². The fourth-order valence-electron chi connectivity index (χ4n) is 1.32. The monoisotopic (exact) mass is 205 g/mol. The van der Waals surface area contributed by atoms with E-state index in [0.717, 1.165) is 11.1 Å². The lowest BCUT2D eigenvalue weighted by Crippen LogP contribution is -2.21. The molecule has 0 atom stereocenters. The van der Waals surface area contributed by atoms with Crippen LogP contribution in [0.3, 0.4) is 0 Å². The first-order chi connectivity index (χ1) is 7.09. The van der Waals surface area contributed by atoms with Crippen LogP contribution < -0.4 is 0 Å². The van der Waals surface area contributed by atoms with Gasteiger partial charge in [0.05, 0.1) is 16.6 Å². The molecular formula is C10H11N3O2. The van der Waals surface area contributed by atoms with Gasteiger partial charge in [-0.2, -0.15) is 0 Å². The minimum atomic E-state index is -0.0787. The molecule has 15 heavy (non-hydrogen) atoms. The summed E-state index contributed by atoms with van der Waals surface area (Å²) < 4.78 is 4.96. The summed E-state index contributed by atoms with van der Waals surface area (Å²) in [7, 11) is 3.40. The summed E-state index contributed by atoms with van der Waals surface area (Å²) in [6.45, 7) is 1.82. The second kappa shape index (κ2) is 3.34. The topological polar surface area (TPSA) is 59.2 Å². The number of amides is 1. The summed E-state index contributed by atoms with van der Waals surface area (Å²) >= 11 is 0. The van der Waals surface area contributed by atoms with Gasteiger partial charge in [-0.25, -0.2) is 4.98 Å². The fraction of sp³-hybridized carbons (Fsp3) is 0.300. The standard InChI is InChI=1S/C10H11N3O2/c1-6-8-4-7(10(14)13(2)3)5-11-9(8)15-12-6/h4-5H,1-3H3. The van der Waals surface area contributed by atoms with E-state index in [-0.39, 0.29) is 5.91 Å². The van der Waals surface area contributed by atoms with E-state index in [1.54, 1.807) is 20.2 Å². The predicted octanol–water partition coefficient (Wildman–Crippen LogP) is 1.23. The van der Waals surface area contributed by atoms with Crippen molar-refractivity contribution in [1.82, 2.24) is 15.0 Å². The Hall–Kier alpha value is -1.91. The van der Waals surface area contributed by atoms with Gasteiger partial charge < -0.3 is 9.42 Å². The molecule has 5 heteroatoms. The first kappa shape index (κ1) is 9.64. The lowest BCUT2D eigenvalue weighted by Gasteiger charge is -2.09. The molecule has 0 aliphatic carbocycles. The number of hydrogen-bond donors (Lipinski definition) is 0. The van der Waals surface area contributed by atoms with Crippen LogP contribution in [0.15, 0.2) is 16.8 Å². The number of pyridine rings is 1. The Kier molecular flexibility index (Phi) is 2.15. The second-order valence-corrected chi connectivity index (χ2v) is 3.54. The summed E-state index contributed by atoms with van der Waals surface area (Å²) in [4.78, 5) is 17.2. The number of rotatable bonds is 1. The minimum Gasteiger partial charge on any atom is -0.345 e. The molecule has 1 amide bonds. The highest BCUT2D eigenvalue weighted by atomic mass is 16.5. The van der Waals surface area contributed by atoms with Gasteiger partial charge in [-0.1, -0.05) is 5.16 Å². The zero-order valence-electron chi connectivity index (χ0n) is 8.81. The maximum Gasteiger partial charge on any atom is 0.257 e. The van der Waals surface area contributed by atoms with Gasteiger partial charge in [0, 0.05) is 20.3 Å². The van der Waals surface area contributed by atoms with Crippen LogP contribution in [-0.2, 0) is 0 Å². The third-order valence-electron chi connectivity index (χ3n) is 2.16. The van der Waals surface area contributed by atoms with Crippen molar-refractivity contribution in [3.05, 3.63) is 23.5 Å². The lowest BCUT2D eigenvalue weighted by molar-refractivity contribution is 0.0827. The number of carbonyl (C=O) groups excluding carboxylic acids is 1. The second-order valence-electron chi connectivity index (χ2n) is 3.54. The number of aromatic nitrogens is 2. The molecule has 5 nitrogen and oxygen atoms in total. The highest BCUT2D eigenvalue weighted by Crippen LogP contribution is 2.17. The molecule has 78 valence electrons. The van der Waals surface area contributed by atoms with Crippen LogP contribution in [0.5, 0.6) is 0 Å². The van der Waals surface area contributed by atoms with Crippen molar-refractivity contribution in [2.75, 3.05) is 14.1 Å². The van der Waals surface area contributed by atoms with E-state index in [1.807, 2.05) is 6.92 Å². The van der Waals surface area contributed by atoms with E-state index in [4.69, 9.17) is 4.52 Å². The van der Waals surface area contributed by atoms with E-state index in [9.17, 15) is 4.79 Å². The molecule has 0 bridgehead atoms. The van der Waals surface area contributed by atoms with Gasteiger partial charge in [0.1, 0.15) is 0 Å². The summed E-state index contributed by atoms with van der Waals surface area (Å²) in [6.07, 6.45) is 1.50. The summed E-state index contributed by atoms with van der Waals surface area (Å²) in [5.41, 5.74) is 1.74. The predicted molar refractivity (Wildman–Crippen MR) is 54.6 cm³/mol. The van der Waals surface area contributed by atoms with Crippen LogP contribution in [0.2, 0.25) is 0 Å². The number of fused-ring (bicyclic) bond motifs is 1. The molecule has 0 spiro atoms. The third kappa shape index (κ3) is 1.56. The van der Waals surface area contributed by atoms with Crippen LogP contribution in [0.25, 0.3) is 11.1 Å². The number of nitrogens with zero attached hydrogens (tertiary/aromatic N) is 3.